The summed E-state index contributed by atoms with van der Waals surface area (Å²) in [4.78, 5) is 0. The lowest BCUT2D eigenvalue weighted by atomic mass is 10.0. The number of hydrogen-bond donors (Lipinski definition) is 1. The fourth-order valence-electron chi connectivity index (χ4n) is 0.982. The zero-order valence-electron chi connectivity index (χ0n) is 9.12. The fourth-order valence-corrected chi connectivity index (χ4v) is 0.982. The van der Waals surface area contributed by atoms with Crippen molar-refractivity contribution in [2.24, 2.45) is 5.92 Å². The van der Waals surface area contributed by atoms with E-state index in [9.17, 15) is 5.11 Å². The summed E-state index contributed by atoms with van der Waals surface area (Å²) in [6, 6.07) is 0. The molecular weight excluding hydrogens is 168 g/mol. The Morgan fingerprint density at radius 3 is 2.31 bits per heavy atom. The summed E-state index contributed by atoms with van der Waals surface area (Å²) in [6.45, 7) is 7.00. The summed E-state index contributed by atoms with van der Waals surface area (Å²) >= 11 is 0. The average Bonchev–Trinajstić information content (AvgIpc) is 2.13. The molecule has 0 spiro atoms. The van der Waals surface area contributed by atoms with Gasteiger partial charge in [-0.1, -0.05) is 20.3 Å². The first-order chi connectivity index (χ1) is 6.11. The van der Waals surface area contributed by atoms with E-state index in [1.165, 1.54) is 0 Å². The van der Waals surface area contributed by atoms with Gasteiger partial charge in [0.1, 0.15) is 0 Å². The molecule has 0 rings (SSSR count). The Labute approximate surface area is 81.0 Å². The number of methoxy groups -OCH3 is 1. The molecule has 0 heterocycles. The quantitative estimate of drug-likeness (QED) is 0.660. The lowest BCUT2D eigenvalue weighted by Gasteiger charge is -2.19. The van der Waals surface area contributed by atoms with Crippen molar-refractivity contribution < 1.29 is 14.6 Å². The molecule has 80 valence electrons. The van der Waals surface area contributed by atoms with Crippen LogP contribution in [0.2, 0.25) is 0 Å². The summed E-state index contributed by atoms with van der Waals surface area (Å²) in [6.07, 6.45) is 0.677. The van der Waals surface area contributed by atoms with Crippen LogP contribution in [0.3, 0.4) is 0 Å². The van der Waals surface area contributed by atoms with Crippen molar-refractivity contribution in [1.29, 1.82) is 0 Å². The minimum Gasteiger partial charge on any atom is -0.390 e. The molecule has 1 N–H and O–H groups in total. The lowest BCUT2D eigenvalue weighted by molar-refractivity contribution is -0.0460. The molecule has 0 aliphatic heterocycles. The van der Waals surface area contributed by atoms with Crippen LogP contribution in [0.4, 0.5) is 0 Å². The van der Waals surface area contributed by atoms with Gasteiger partial charge in [0.2, 0.25) is 0 Å². The predicted octanol–water partition coefficient (Wildman–Crippen LogP) is 1.44. The zero-order chi connectivity index (χ0) is 10.3. The van der Waals surface area contributed by atoms with Gasteiger partial charge < -0.3 is 14.6 Å². The molecule has 0 amide bonds. The van der Waals surface area contributed by atoms with Crippen molar-refractivity contribution in [3.8, 4) is 0 Å². The van der Waals surface area contributed by atoms with E-state index in [1.807, 2.05) is 13.8 Å². The normalized spacial score (nSPS) is 18.2. The van der Waals surface area contributed by atoms with Gasteiger partial charge in [0.25, 0.3) is 0 Å². The topological polar surface area (TPSA) is 38.7 Å². The van der Waals surface area contributed by atoms with Crippen LogP contribution in [-0.2, 0) is 9.47 Å². The predicted molar refractivity (Wildman–Crippen MR) is 52.8 cm³/mol. The molecule has 0 aliphatic carbocycles. The summed E-state index contributed by atoms with van der Waals surface area (Å²) in [7, 11) is 1.64. The van der Waals surface area contributed by atoms with Crippen LogP contribution in [0.5, 0.6) is 0 Å². The van der Waals surface area contributed by atoms with Gasteiger partial charge >= 0.3 is 0 Å². The Kier molecular flexibility index (Phi) is 7.23. The van der Waals surface area contributed by atoms with Crippen LogP contribution >= 0.6 is 0 Å². The van der Waals surface area contributed by atoms with Crippen molar-refractivity contribution in [1.82, 2.24) is 0 Å². The molecule has 3 atom stereocenters. The highest BCUT2D eigenvalue weighted by atomic mass is 16.5. The molecule has 3 unspecified atom stereocenters. The maximum Gasteiger partial charge on any atom is 0.0799 e. The Hall–Kier alpha value is -0.120. The molecular formula is C10H22O3. The summed E-state index contributed by atoms with van der Waals surface area (Å²) in [5, 5.41) is 9.57. The second kappa shape index (κ2) is 7.30. The van der Waals surface area contributed by atoms with Crippen LogP contribution in [0, 0.1) is 5.92 Å². The SMILES string of the molecule is CCC(C)C(O)COC(C)COC. The molecule has 0 saturated carbocycles. The maximum atomic E-state index is 9.57. The third kappa shape index (κ3) is 6.02. The van der Waals surface area contributed by atoms with Gasteiger partial charge in [-0.15, -0.1) is 0 Å². The first kappa shape index (κ1) is 12.9. The lowest BCUT2D eigenvalue weighted by Crippen LogP contribution is -2.27. The van der Waals surface area contributed by atoms with Crippen LogP contribution < -0.4 is 0 Å². The van der Waals surface area contributed by atoms with Gasteiger partial charge in [-0.05, 0) is 12.8 Å². The Bertz CT molecular complexity index is 117. The molecule has 0 saturated heterocycles. The fraction of sp³-hybridized carbons (Fsp3) is 1.00. The molecule has 0 aromatic rings. The molecule has 0 fully saturated rings. The van der Waals surface area contributed by atoms with Gasteiger partial charge in [0.05, 0.1) is 25.4 Å². The molecule has 0 aliphatic rings. The third-order valence-electron chi connectivity index (χ3n) is 2.25. The Morgan fingerprint density at radius 2 is 1.85 bits per heavy atom. The first-order valence-corrected chi connectivity index (χ1v) is 4.90. The number of aliphatic hydroxyl groups excluding tert-OH is 1. The molecule has 13 heavy (non-hydrogen) atoms. The minimum atomic E-state index is -0.357. The number of hydrogen-bond acceptors (Lipinski definition) is 3. The minimum absolute atomic E-state index is 0.0590. The van der Waals surface area contributed by atoms with Gasteiger partial charge in [-0.2, -0.15) is 0 Å². The molecule has 0 aromatic heterocycles. The van der Waals surface area contributed by atoms with E-state index in [0.29, 0.717) is 19.1 Å². The van der Waals surface area contributed by atoms with Gasteiger partial charge in [0, 0.05) is 7.11 Å². The molecule has 0 radical (unpaired) electrons. The van der Waals surface area contributed by atoms with Crippen LogP contribution in [0.15, 0.2) is 0 Å². The van der Waals surface area contributed by atoms with E-state index >= 15 is 0 Å². The van der Waals surface area contributed by atoms with Crippen molar-refractivity contribution in [2.75, 3.05) is 20.3 Å². The smallest absolute Gasteiger partial charge is 0.0799 e. The van der Waals surface area contributed by atoms with Crippen molar-refractivity contribution >= 4 is 0 Å². The van der Waals surface area contributed by atoms with Crippen LogP contribution in [0.1, 0.15) is 27.2 Å². The van der Waals surface area contributed by atoms with Crippen LogP contribution in [0.25, 0.3) is 0 Å². The van der Waals surface area contributed by atoms with E-state index in [-0.39, 0.29) is 12.2 Å². The van der Waals surface area contributed by atoms with E-state index in [4.69, 9.17) is 9.47 Å². The Morgan fingerprint density at radius 1 is 1.23 bits per heavy atom. The molecule has 3 nitrogen and oxygen atoms in total. The molecule has 3 heteroatoms. The van der Waals surface area contributed by atoms with Gasteiger partial charge in [-0.3, -0.25) is 0 Å². The van der Waals surface area contributed by atoms with Crippen LogP contribution in [-0.4, -0.2) is 37.6 Å². The molecule has 0 bridgehead atoms. The molecule has 0 aromatic carbocycles. The van der Waals surface area contributed by atoms with E-state index in [1.54, 1.807) is 7.11 Å². The van der Waals surface area contributed by atoms with Gasteiger partial charge in [0.15, 0.2) is 0 Å². The van der Waals surface area contributed by atoms with E-state index in [2.05, 4.69) is 6.92 Å². The standard InChI is InChI=1S/C10H22O3/c1-5-8(2)10(11)7-13-9(3)6-12-4/h8-11H,5-7H2,1-4H3. The highest BCUT2D eigenvalue weighted by Gasteiger charge is 2.13. The van der Waals surface area contributed by atoms with E-state index < -0.39 is 0 Å². The first-order valence-electron chi connectivity index (χ1n) is 4.90. The second-order valence-corrected chi connectivity index (χ2v) is 3.55. The third-order valence-corrected chi connectivity index (χ3v) is 2.25. The van der Waals surface area contributed by atoms with Crippen molar-refractivity contribution in [2.45, 2.75) is 39.4 Å². The van der Waals surface area contributed by atoms with Crippen molar-refractivity contribution in [3.05, 3.63) is 0 Å². The van der Waals surface area contributed by atoms with Gasteiger partial charge in [-0.25, -0.2) is 0 Å². The number of ether oxygens (including phenoxy) is 2. The summed E-state index contributed by atoms with van der Waals surface area (Å²) in [5.41, 5.74) is 0. The highest BCUT2D eigenvalue weighted by molar-refractivity contribution is 4.62. The second-order valence-electron chi connectivity index (χ2n) is 3.55. The summed E-state index contributed by atoms with van der Waals surface area (Å²) in [5.74, 6) is 0.301. The zero-order valence-corrected chi connectivity index (χ0v) is 9.12. The summed E-state index contributed by atoms with van der Waals surface area (Å²) < 4.78 is 10.3. The monoisotopic (exact) mass is 190 g/mol. The maximum absolute atomic E-state index is 9.57. The highest BCUT2D eigenvalue weighted by Crippen LogP contribution is 2.08. The van der Waals surface area contributed by atoms with E-state index in [0.717, 1.165) is 6.42 Å². The largest absolute Gasteiger partial charge is 0.390 e. The number of rotatable bonds is 7. The average molecular weight is 190 g/mol. The van der Waals surface area contributed by atoms with Crippen molar-refractivity contribution in [3.63, 3.8) is 0 Å². The Balaban J connectivity index is 3.50. The number of aliphatic hydroxyl groups is 1.